The lowest BCUT2D eigenvalue weighted by atomic mass is 10.4. The lowest BCUT2D eigenvalue weighted by Crippen LogP contribution is -1.98. The Morgan fingerprint density at radius 2 is 1.86 bits per heavy atom. The van der Waals surface area contributed by atoms with E-state index in [4.69, 9.17) is 9.90 Å². The summed E-state index contributed by atoms with van der Waals surface area (Å²) >= 11 is 0. The molecular formula is C10H16O4. The van der Waals surface area contributed by atoms with Crippen molar-refractivity contribution < 1.29 is 19.4 Å². The number of rotatable bonds is 3. The summed E-state index contributed by atoms with van der Waals surface area (Å²) in [7, 11) is 0. The van der Waals surface area contributed by atoms with Gasteiger partial charge in [0.2, 0.25) is 0 Å². The standard InChI is InChI=1S/C8H12O2.C2H4O2/c1-3-5-6-7-8(9)10-4-2;1-2(3)4/h3,5-7H,4H2,1-2H3;1H3,(H,3,4)/b5-3+,7-6+;. The molecule has 0 amide bonds. The van der Waals surface area contributed by atoms with Crippen molar-refractivity contribution in [3.63, 3.8) is 0 Å². The van der Waals surface area contributed by atoms with Crippen LogP contribution >= 0.6 is 0 Å². The van der Waals surface area contributed by atoms with Crippen LogP contribution in [0.1, 0.15) is 20.8 Å². The number of allylic oxidation sites excluding steroid dienone is 3. The third-order valence-electron chi connectivity index (χ3n) is 0.822. The van der Waals surface area contributed by atoms with E-state index in [2.05, 4.69) is 4.74 Å². The summed E-state index contributed by atoms with van der Waals surface area (Å²) in [5, 5.41) is 7.42. The maximum absolute atomic E-state index is 10.6. The Morgan fingerprint density at radius 1 is 1.36 bits per heavy atom. The lowest BCUT2D eigenvalue weighted by molar-refractivity contribution is -0.137. The number of aliphatic carboxylic acids is 1. The first-order valence-electron chi connectivity index (χ1n) is 4.20. The van der Waals surface area contributed by atoms with Gasteiger partial charge in [0, 0.05) is 13.0 Å². The Balaban J connectivity index is 0. The summed E-state index contributed by atoms with van der Waals surface area (Å²) in [4.78, 5) is 19.6. The van der Waals surface area contributed by atoms with Gasteiger partial charge >= 0.3 is 5.97 Å². The molecule has 4 heteroatoms. The van der Waals surface area contributed by atoms with Gasteiger partial charge in [0.05, 0.1) is 6.61 Å². The highest BCUT2D eigenvalue weighted by Crippen LogP contribution is 1.81. The monoisotopic (exact) mass is 200 g/mol. The summed E-state index contributed by atoms with van der Waals surface area (Å²) < 4.78 is 4.63. The number of hydrogen-bond acceptors (Lipinski definition) is 3. The number of carboxylic acid groups (broad SMARTS) is 1. The van der Waals surface area contributed by atoms with Gasteiger partial charge < -0.3 is 9.84 Å². The predicted octanol–water partition coefficient (Wildman–Crippen LogP) is 1.77. The number of hydrogen-bond donors (Lipinski definition) is 1. The summed E-state index contributed by atoms with van der Waals surface area (Å²) in [5.41, 5.74) is 0. The molecule has 0 atom stereocenters. The molecule has 0 aromatic carbocycles. The third kappa shape index (κ3) is 22.4. The summed E-state index contributed by atoms with van der Waals surface area (Å²) in [6.07, 6.45) is 6.66. The average molecular weight is 200 g/mol. The molecule has 0 saturated carbocycles. The van der Waals surface area contributed by atoms with Crippen molar-refractivity contribution in [3.8, 4) is 0 Å². The molecule has 0 unspecified atom stereocenters. The Kier molecular flexibility index (Phi) is 12.2. The molecule has 0 aliphatic heterocycles. The van der Waals surface area contributed by atoms with E-state index in [9.17, 15) is 4.79 Å². The molecule has 0 radical (unpaired) electrons. The Hall–Kier alpha value is -1.58. The second kappa shape index (κ2) is 11.4. The van der Waals surface area contributed by atoms with E-state index in [-0.39, 0.29) is 5.97 Å². The minimum absolute atomic E-state index is 0.291. The minimum Gasteiger partial charge on any atom is -0.481 e. The Labute approximate surface area is 83.9 Å². The van der Waals surface area contributed by atoms with E-state index in [1.165, 1.54) is 6.08 Å². The fourth-order valence-corrected chi connectivity index (χ4v) is 0.436. The first-order chi connectivity index (χ1) is 6.54. The predicted molar refractivity (Wildman–Crippen MR) is 53.9 cm³/mol. The normalized spacial score (nSPS) is 9.64. The minimum atomic E-state index is -0.833. The maximum atomic E-state index is 10.6. The van der Waals surface area contributed by atoms with Crippen LogP contribution in [0.2, 0.25) is 0 Å². The van der Waals surface area contributed by atoms with Crippen LogP contribution < -0.4 is 0 Å². The van der Waals surface area contributed by atoms with Gasteiger partial charge in [-0.3, -0.25) is 4.79 Å². The van der Waals surface area contributed by atoms with Crippen LogP contribution in [0, 0.1) is 0 Å². The van der Waals surface area contributed by atoms with Crippen LogP contribution in [0.15, 0.2) is 24.3 Å². The first kappa shape index (κ1) is 14.9. The second-order valence-corrected chi connectivity index (χ2v) is 2.16. The summed E-state index contributed by atoms with van der Waals surface area (Å²) in [6.45, 7) is 5.18. The van der Waals surface area contributed by atoms with Crippen molar-refractivity contribution in [3.05, 3.63) is 24.3 Å². The van der Waals surface area contributed by atoms with Crippen molar-refractivity contribution >= 4 is 11.9 Å². The van der Waals surface area contributed by atoms with Gasteiger partial charge in [-0.15, -0.1) is 0 Å². The van der Waals surface area contributed by atoms with E-state index >= 15 is 0 Å². The highest BCUT2D eigenvalue weighted by Gasteiger charge is 1.89. The number of esters is 1. The largest absolute Gasteiger partial charge is 0.481 e. The summed E-state index contributed by atoms with van der Waals surface area (Å²) in [5.74, 6) is -1.12. The molecule has 0 saturated heterocycles. The maximum Gasteiger partial charge on any atom is 0.330 e. The van der Waals surface area contributed by atoms with E-state index in [1.54, 1.807) is 19.1 Å². The Morgan fingerprint density at radius 3 is 2.21 bits per heavy atom. The molecule has 0 rings (SSSR count). The molecule has 4 nitrogen and oxygen atoms in total. The number of carbonyl (C=O) groups is 2. The number of ether oxygens (including phenoxy) is 1. The molecule has 0 spiro atoms. The van der Waals surface area contributed by atoms with Gasteiger partial charge in [-0.25, -0.2) is 4.79 Å². The zero-order valence-electron chi connectivity index (χ0n) is 8.69. The van der Waals surface area contributed by atoms with Gasteiger partial charge in [-0.05, 0) is 13.8 Å². The van der Waals surface area contributed by atoms with Gasteiger partial charge in [-0.2, -0.15) is 0 Å². The zero-order valence-corrected chi connectivity index (χ0v) is 8.69. The topological polar surface area (TPSA) is 63.6 Å². The zero-order chi connectivity index (χ0) is 11.4. The lowest BCUT2D eigenvalue weighted by Gasteiger charge is -1.92. The molecule has 0 aliphatic rings. The molecule has 0 aliphatic carbocycles. The highest BCUT2D eigenvalue weighted by atomic mass is 16.5. The molecule has 0 heterocycles. The highest BCUT2D eigenvalue weighted by molar-refractivity contribution is 5.82. The molecule has 0 fully saturated rings. The van der Waals surface area contributed by atoms with Crippen LogP contribution in [0.4, 0.5) is 0 Å². The van der Waals surface area contributed by atoms with Gasteiger partial charge in [0.25, 0.3) is 5.97 Å². The van der Waals surface area contributed by atoms with Gasteiger partial charge in [-0.1, -0.05) is 18.2 Å². The summed E-state index contributed by atoms with van der Waals surface area (Å²) in [6, 6.07) is 0. The first-order valence-corrected chi connectivity index (χ1v) is 4.20. The second-order valence-electron chi connectivity index (χ2n) is 2.16. The number of carboxylic acids is 1. The van der Waals surface area contributed by atoms with Crippen molar-refractivity contribution in [1.29, 1.82) is 0 Å². The van der Waals surface area contributed by atoms with Crippen LogP contribution in [0.3, 0.4) is 0 Å². The average Bonchev–Trinajstić information content (AvgIpc) is 2.04. The van der Waals surface area contributed by atoms with Crippen molar-refractivity contribution in [1.82, 2.24) is 0 Å². The van der Waals surface area contributed by atoms with Crippen LogP contribution in [-0.2, 0) is 14.3 Å². The van der Waals surface area contributed by atoms with Gasteiger partial charge in [0.1, 0.15) is 0 Å². The van der Waals surface area contributed by atoms with E-state index in [0.717, 1.165) is 6.92 Å². The number of carbonyl (C=O) groups excluding carboxylic acids is 1. The molecule has 0 bridgehead atoms. The molecular weight excluding hydrogens is 184 g/mol. The Bertz CT molecular complexity index is 212. The van der Waals surface area contributed by atoms with Crippen molar-refractivity contribution in [2.75, 3.05) is 6.61 Å². The van der Waals surface area contributed by atoms with Gasteiger partial charge in [0.15, 0.2) is 0 Å². The molecule has 14 heavy (non-hydrogen) atoms. The SMILES string of the molecule is C/C=C/C=C/C(=O)OCC.CC(=O)O. The molecule has 80 valence electrons. The quantitative estimate of drug-likeness (QED) is 0.428. The van der Waals surface area contributed by atoms with Crippen LogP contribution in [-0.4, -0.2) is 23.7 Å². The molecule has 1 N–H and O–H groups in total. The van der Waals surface area contributed by atoms with Crippen molar-refractivity contribution in [2.24, 2.45) is 0 Å². The fraction of sp³-hybridized carbons (Fsp3) is 0.400. The van der Waals surface area contributed by atoms with E-state index in [1.807, 2.05) is 13.0 Å². The van der Waals surface area contributed by atoms with Crippen LogP contribution in [0.5, 0.6) is 0 Å². The molecule has 0 aromatic heterocycles. The van der Waals surface area contributed by atoms with E-state index in [0.29, 0.717) is 6.61 Å². The molecule has 0 aromatic rings. The fourth-order valence-electron chi connectivity index (χ4n) is 0.436. The van der Waals surface area contributed by atoms with E-state index < -0.39 is 5.97 Å². The third-order valence-corrected chi connectivity index (χ3v) is 0.822. The van der Waals surface area contributed by atoms with Crippen LogP contribution in [0.25, 0.3) is 0 Å². The van der Waals surface area contributed by atoms with Crippen molar-refractivity contribution in [2.45, 2.75) is 20.8 Å². The smallest absolute Gasteiger partial charge is 0.330 e.